The highest BCUT2D eigenvalue weighted by atomic mass is 16.4. The fraction of sp³-hybridized carbons (Fsp3) is 0.400. The van der Waals surface area contributed by atoms with Crippen LogP contribution in [0.5, 0.6) is 0 Å². The second kappa shape index (κ2) is 5.07. The fourth-order valence-electron chi connectivity index (χ4n) is 2.44. The molecule has 0 aliphatic carbocycles. The van der Waals surface area contributed by atoms with E-state index in [2.05, 4.69) is 9.97 Å². The summed E-state index contributed by atoms with van der Waals surface area (Å²) in [7, 11) is 0. The number of amides is 1. The number of likely N-dealkylation sites (tertiary alicyclic amines) is 1. The first-order valence-corrected chi connectivity index (χ1v) is 6.84. The molecule has 5 nitrogen and oxygen atoms in total. The zero-order chi connectivity index (χ0) is 14.1. The molecule has 3 heterocycles. The number of nitrogens with zero attached hydrogens (tertiary/aromatic N) is 3. The lowest BCUT2D eigenvalue weighted by atomic mass is 9.92. The van der Waals surface area contributed by atoms with Gasteiger partial charge in [0, 0.05) is 37.8 Å². The summed E-state index contributed by atoms with van der Waals surface area (Å²) >= 11 is 0. The van der Waals surface area contributed by atoms with Crippen molar-refractivity contribution in [2.45, 2.75) is 26.2 Å². The smallest absolute Gasteiger partial charge is 0.291 e. The van der Waals surface area contributed by atoms with Gasteiger partial charge in [-0.15, -0.1) is 0 Å². The third kappa shape index (κ3) is 2.19. The zero-order valence-electron chi connectivity index (χ0n) is 11.7. The molecule has 1 aliphatic rings. The van der Waals surface area contributed by atoms with Crippen LogP contribution in [0.25, 0.3) is 0 Å². The van der Waals surface area contributed by atoms with Gasteiger partial charge < -0.3 is 9.32 Å². The van der Waals surface area contributed by atoms with Crippen LogP contribution >= 0.6 is 0 Å². The molecule has 5 heteroatoms. The lowest BCUT2D eigenvalue weighted by Gasteiger charge is -2.39. The summed E-state index contributed by atoms with van der Waals surface area (Å²) in [5.41, 5.74) is 1.91. The number of carbonyl (C=O) groups excluding carboxylic acids is 1. The van der Waals surface area contributed by atoms with Crippen LogP contribution in [0.1, 0.15) is 40.5 Å². The van der Waals surface area contributed by atoms with Gasteiger partial charge in [0.15, 0.2) is 5.89 Å². The van der Waals surface area contributed by atoms with Crippen molar-refractivity contribution in [3.8, 4) is 0 Å². The number of aryl methyl sites for hydroxylation is 2. The Balaban J connectivity index is 1.67. The molecule has 1 amide bonds. The largest absolute Gasteiger partial charge is 0.435 e. The van der Waals surface area contributed by atoms with Gasteiger partial charge in [0.25, 0.3) is 5.91 Å². The molecule has 1 aliphatic heterocycles. The van der Waals surface area contributed by atoms with E-state index in [1.165, 1.54) is 5.56 Å². The van der Waals surface area contributed by atoms with Gasteiger partial charge in [-0.3, -0.25) is 9.78 Å². The van der Waals surface area contributed by atoms with E-state index in [-0.39, 0.29) is 5.91 Å². The Labute approximate surface area is 117 Å². The Bertz CT molecular complexity index is 615. The van der Waals surface area contributed by atoms with E-state index >= 15 is 0 Å². The molecular formula is C15H17N3O2. The molecule has 20 heavy (non-hydrogen) atoms. The number of aromatic nitrogens is 2. The van der Waals surface area contributed by atoms with Crippen molar-refractivity contribution in [1.29, 1.82) is 0 Å². The van der Waals surface area contributed by atoms with Crippen molar-refractivity contribution in [1.82, 2.24) is 14.9 Å². The van der Waals surface area contributed by atoms with E-state index in [0.717, 1.165) is 13.1 Å². The Morgan fingerprint density at radius 2 is 2.10 bits per heavy atom. The number of pyridine rings is 1. The highest BCUT2D eigenvalue weighted by Crippen LogP contribution is 2.28. The lowest BCUT2D eigenvalue weighted by molar-refractivity contribution is 0.0566. The molecule has 2 aromatic rings. The summed E-state index contributed by atoms with van der Waals surface area (Å²) in [5, 5.41) is 0. The second-order valence-electron chi connectivity index (χ2n) is 5.06. The number of rotatable bonds is 3. The maximum Gasteiger partial charge on any atom is 0.291 e. The molecule has 104 valence electrons. The summed E-state index contributed by atoms with van der Waals surface area (Å²) < 4.78 is 5.51. The van der Waals surface area contributed by atoms with E-state index < -0.39 is 0 Å². The molecule has 0 unspecified atom stereocenters. The first-order chi connectivity index (χ1) is 9.69. The van der Waals surface area contributed by atoms with Crippen LogP contribution in [0.2, 0.25) is 0 Å². The minimum atomic E-state index is -0.0555. The van der Waals surface area contributed by atoms with Gasteiger partial charge in [-0.05, 0) is 24.6 Å². The van der Waals surface area contributed by atoms with Crippen molar-refractivity contribution >= 4 is 5.91 Å². The molecule has 0 radical (unpaired) electrons. The normalized spacial score (nSPS) is 15.2. The number of carbonyl (C=O) groups is 1. The van der Waals surface area contributed by atoms with Crippen LogP contribution in [-0.2, 0) is 6.42 Å². The molecule has 1 saturated heterocycles. The third-order valence-electron chi connectivity index (χ3n) is 3.68. The average molecular weight is 271 g/mol. The van der Waals surface area contributed by atoms with Crippen LogP contribution in [-0.4, -0.2) is 33.9 Å². The Kier molecular flexibility index (Phi) is 3.26. The van der Waals surface area contributed by atoms with Crippen molar-refractivity contribution in [2.75, 3.05) is 13.1 Å². The minimum absolute atomic E-state index is 0.0555. The molecule has 0 bridgehead atoms. The molecule has 0 aromatic carbocycles. The van der Waals surface area contributed by atoms with E-state index in [9.17, 15) is 4.79 Å². The van der Waals surface area contributed by atoms with Crippen LogP contribution < -0.4 is 0 Å². The van der Waals surface area contributed by atoms with Crippen LogP contribution in [0.4, 0.5) is 0 Å². The van der Waals surface area contributed by atoms with Gasteiger partial charge in [0.05, 0.1) is 5.69 Å². The molecular weight excluding hydrogens is 254 g/mol. The first-order valence-electron chi connectivity index (χ1n) is 6.84. The average Bonchev–Trinajstić information content (AvgIpc) is 2.79. The van der Waals surface area contributed by atoms with Gasteiger partial charge >= 0.3 is 0 Å². The topological polar surface area (TPSA) is 59.2 Å². The SMILES string of the molecule is CCc1nc(C)c(C(=O)N2CC(c3ccncc3)C2)o1. The Morgan fingerprint density at radius 1 is 1.40 bits per heavy atom. The van der Waals surface area contributed by atoms with E-state index in [1.54, 1.807) is 17.3 Å². The summed E-state index contributed by atoms with van der Waals surface area (Å²) in [5.74, 6) is 1.35. The van der Waals surface area contributed by atoms with Gasteiger partial charge in [-0.1, -0.05) is 6.92 Å². The van der Waals surface area contributed by atoms with Crippen molar-refractivity contribution in [3.05, 3.63) is 47.4 Å². The van der Waals surface area contributed by atoms with E-state index in [0.29, 0.717) is 29.7 Å². The van der Waals surface area contributed by atoms with Crippen LogP contribution in [0.15, 0.2) is 28.9 Å². The number of oxazole rings is 1. The molecule has 0 N–H and O–H groups in total. The highest BCUT2D eigenvalue weighted by molar-refractivity contribution is 5.93. The monoisotopic (exact) mass is 271 g/mol. The van der Waals surface area contributed by atoms with Gasteiger partial charge in [-0.2, -0.15) is 0 Å². The fourth-order valence-corrected chi connectivity index (χ4v) is 2.44. The molecule has 0 atom stereocenters. The molecule has 3 rings (SSSR count). The van der Waals surface area contributed by atoms with Gasteiger partial charge in [-0.25, -0.2) is 4.98 Å². The van der Waals surface area contributed by atoms with Crippen LogP contribution in [0.3, 0.4) is 0 Å². The maximum atomic E-state index is 12.3. The zero-order valence-corrected chi connectivity index (χ0v) is 11.7. The van der Waals surface area contributed by atoms with Crippen molar-refractivity contribution in [2.24, 2.45) is 0 Å². The molecule has 0 saturated carbocycles. The number of hydrogen-bond acceptors (Lipinski definition) is 4. The second-order valence-corrected chi connectivity index (χ2v) is 5.06. The summed E-state index contributed by atoms with van der Waals surface area (Å²) in [6, 6.07) is 4.00. The summed E-state index contributed by atoms with van der Waals surface area (Å²) in [6.07, 6.45) is 4.27. The maximum absolute atomic E-state index is 12.3. The third-order valence-corrected chi connectivity index (χ3v) is 3.68. The molecule has 0 spiro atoms. The summed E-state index contributed by atoms with van der Waals surface area (Å²) in [4.78, 5) is 22.4. The highest BCUT2D eigenvalue weighted by Gasteiger charge is 2.34. The minimum Gasteiger partial charge on any atom is -0.435 e. The quantitative estimate of drug-likeness (QED) is 0.858. The predicted octanol–water partition coefficient (Wildman–Crippen LogP) is 2.18. The van der Waals surface area contributed by atoms with Crippen molar-refractivity contribution in [3.63, 3.8) is 0 Å². The van der Waals surface area contributed by atoms with Gasteiger partial charge in [0.1, 0.15) is 0 Å². The summed E-state index contributed by atoms with van der Waals surface area (Å²) in [6.45, 7) is 5.23. The van der Waals surface area contributed by atoms with Gasteiger partial charge in [0.2, 0.25) is 5.76 Å². The molecule has 1 fully saturated rings. The first kappa shape index (κ1) is 12.8. The lowest BCUT2D eigenvalue weighted by Crippen LogP contribution is -2.48. The van der Waals surface area contributed by atoms with E-state index in [4.69, 9.17) is 4.42 Å². The molecule has 2 aromatic heterocycles. The Hall–Kier alpha value is -2.17. The van der Waals surface area contributed by atoms with Crippen molar-refractivity contribution < 1.29 is 9.21 Å². The standard InChI is InChI=1S/C15H17N3O2/c1-3-13-17-10(2)14(20-13)15(19)18-8-12(9-18)11-4-6-16-7-5-11/h4-7,12H,3,8-9H2,1-2H3. The van der Waals surface area contributed by atoms with Crippen LogP contribution in [0, 0.1) is 6.92 Å². The Morgan fingerprint density at radius 3 is 2.70 bits per heavy atom. The number of hydrogen-bond donors (Lipinski definition) is 0. The predicted molar refractivity (Wildman–Crippen MR) is 73.5 cm³/mol. The van der Waals surface area contributed by atoms with E-state index in [1.807, 2.05) is 26.0 Å².